The fourth-order valence-electron chi connectivity index (χ4n) is 3.98. The number of amides is 1. The molecule has 3 heterocycles. The SMILES string of the molecule is COCCC(=O)N1CCC2(CCN(Cc3ccccn3)CC2)CC1. The molecular formula is C19H29N3O2. The van der Waals surface area contributed by atoms with Crippen LogP contribution in [0.2, 0.25) is 0 Å². The summed E-state index contributed by atoms with van der Waals surface area (Å²) in [5.74, 6) is 0.249. The van der Waals surface area contributed by atoms with Crippen molar-refractivity contribution in [2.75, 3.05) is 39.9 Å². The van der Waals surface area contributed by atoms with Crippen molar-refractivity contribution in [3.8, 4) is 0 Å². The highest BCUT2D eigenvalue weighted by Gasteiger charge is 2.38. The van der Waals surface area contributed by atoms with Crippen LogP contribution >= 0.6 is 0 Å². The molecule has 0 radical (unpaired) electrons. The fraction of sp³-hybridized carbons (Fsp3) is 0.684. The highest BCUT2D eigenvalue weighted by atomic mass is 16.5. The molecule has 1 amide bonds. The summed E-state index contributed by atoms with van der Waals surface area (Å²) in [6.07, 6.45) is 7.20. The Balaban J connectivity index is 1.44. The van der Waals surface area contributed by atoms with Crippen LogP contribution in [0.15, 0.2) is 24.4 Å². The van der Waals surface area contributed by atoms with Gasteiger partial charge in [0.25, 0.3) is 0 Å². The van der Waals surface area contributed by atoms with Gasteiger partial charge in [0.15, 0.2) is 0 Å². The van der Waals surface area contributed by atoms with Crippen molar-refractivity contribution in [3.05, 3.63) is 30.1 Å². The normalized spacial score (nSPS) is 21.1. The summed E-state index contributed by atoms with van der Waals surface area (Å²) in [4.78, 5) is 21.1. The Morgan fingerprint density at radius 3 is 2.50 bits per heavy atom. The second kappa shape index (κ2) is 8.08. The van der Waals surface area contributed by atoms with Gasteiger partial charge in [-0.15, -0.1) is 0 Å². The molecular weight excluding hydrogens is 302 g/mol. The van der Waals surface area contributed by atoms with E-state index in [0.717, 1.165) is 51.3 Å². The Hall–Kier alpha value is -1.46. The number of aromatic nitrogens is 1. The summed E-state index contributed by atoms with van der Waals surface area (Å²) in [5, 5.41) is 0. The molecule has 3 rings (SSSR count). The molecule has 5 heteroatoms. The lowest BCUT2D eigenvalue weighted by atomic mass is 9.71. The zero-order valence-electron chi connectivity index (χ0n) is 14.7. The first-order chi connectivity index (χ1) is 11.7. The Morgan fingerprint density at radius 2 is 1.88 bits per heavy atom. The maximum absolute atomic E-state index is 12.1. The molecule has 2 saturated heterocycles. The summed E-state index contributed by atoms with van der Waals surface area (Å²) in [6.45, 7) is 5.62. The van der Waals surface area contributed by atoms with Crippen LogP contribution in [0.25, 0.3) is 0 Å². The summed E-state index contributed by atoms with van der Waals surface area (Å²) in [5.41, 5.74) is 1.62. The van der Waals surface area contributed by atoms with Gasteiger partial charge in [-0.2, -0.15) is 0 Å². The number of nitrogens with zero attached hydrogens (tertiary/aromatic N) is 3. The first-order valence-electron chi connectivity index (χ1n) is 9.10. The van der Waals surface area contributed by atoms with E-state index in [1.165, 1.54) is 12.8 Å². The Morgan fingerprint density at radius 1 is 1.17 bits per heavy atom. The molecule has 0 N–H and O–H groups in total. The van der Waals surface area contributed by atoms with Crippen molar-refractivity contribution in [2.45, 2.75) is 38.6 Å². The lowest BCUT2D eigenvalue weighted by molar-refractivity contribution is -0.135. The number of methoxy groups -OCH3 is 1. The molecule has 0 unspecified atom stereocenters. The van der Waals surface area contributed by atoms with Crippen LogP contribution in [0.3, 0.4) is 0 Å². The molecule has 2 fully saturated rings. The lowest BCUT2D eigenvalue weighted by Crippen LogP contribution is -2.48. The third-order valence-electron chi connectivity index (χ3n) is 5.73. The minimum Gasteiger partial charge on any atom is -0.384 e. The Kier molecular flexibility index (Phi) is 5.85. The number of rotatable bonds is 5. The third-order valence-corrected chi connectivity index (χ3v) is 5.73. The molecule has 0 atom stereocenters. The van der Waals surface area contributed by atoms with Gasteiger partial charge in [0.1, 0.15) is 0 Å². The van der Waals surface area contributed by atoms with E-state index < -0.39 is 0 Å². The number of hydrogen-bond acceptors (Lipinski definition) is 4. The van der Waals surface area contributed by atoms with Gasteiger partial charge in [-0.1, -0.05) is 6.07 Å². The van der Waals surface area contributed by atoms with Crippen molar-refractivity contribution in [2.24, 2.45) is 5.41 Å². The Labute approximate surface area is 145 Å². The molecule has 1 aromatic rings. The van der Waals surface area contributed by atoms with Crippen LogP contribution in [0.5, 0.6) is 0 Å². The summed E-state index contributed by atoms with van der Waals surface area (Å²) in [6, 6.07) is 6.13. The van der Waals surface area contributed by atoms with Crippen molar-refractivity contribution in [3.63, 3.8) is 0 Å². The second-order valence-electron chi connectivity index (χ2n) is 7.22. The van der Waals surface area contributed by atoms with Gasteiger partial charge in [-0.3, -0.25) is 14.7 Å². The van der Waals surface area contributed by atoms with E-state index in [0.29, 0.717) is 18.4 Å². The number of ether oxygens (including phenoxy) is 1. The molecule has 1 spiro atoms. The standard InChI is InChI=1S/C19H29N3O2/c1-24-15-5-18(23)22-13-8-19(9-14-22)6-11-21(12-7-19)16-17-4-2-3-10-20-17/h2-4,10H,5-9,11-16H2,1H3. The van der Waals surface area contributed by atoms with E-state index in [9.17, 15) is 4.79 Å². The monoisotopic (exact) mass is 331 g/mol. The van der Waals surface area contributed by atoms with Crippen LogP contribution < -0.4 is 0 Å². The van der Waals surface area contributed by atoms with Crippen molar-refractivity contribution in [1.29, 1.82) is 0 Å². The van der Waals surface area contributed by atoms with Gasteiger partial charge in [-0.05, 0) is 56.3 Å². The maximum atomic E-state index is 12.1. The van der Waals surface area contributed by atoms with Gasteiger partial charge in [-0.25, -0.2) is 0 Å². The van der Waals surface area contributed by atoms with E-state index in [-0.39, 0.29) is 5.91 Å². The van der Waals surface area contributed by atoms with Crippen LogP contribution in [-0.2, 0) is 16.1 Å². The molecule has 0 bridgehead atoms. The fourth-order valence-corrected chi connectivity index (χ4v) is 3.98. The van der Waals surface area contributed by atoms with E-state index in [1.54, 1.807) is 7.11 Å². The molecule has 0 saturated carbocycles. The van der Waals surface area contributed by atoms with Gasteiger partial charge >= 0.3 is 0 Å². The average Bonchev–Trinajstić information content (AvgIpc) is 2.63. The minimum atomic E-state index is 0.249. The van der Waals surface area contributed by atoms with Gasteiger partial charge in [0.2, 0.25) is 5.91 Å². The molecule has 2 aliphatic rings. The molecule has 5 nitrogen and oxygen atoms in total. The minimum absolute atomic E-state index is 0.249. The van der Waals surface area contributed by atoms with E-state index in [4.69, 9.17) is 4.74 Å². The van der Waals surface area contributed by atoms with Crippen molar-refractivity contribution < 1.29 is 9.53 Å². The average molecular weight is 331 g/mol. The van der Waals surface area contributed by atoms with Gasteiger partial charge in [0, 0.05) is 32.9 Å². The van der Waals surface area contributed by atoms with Crippen LogP contribution in [0.4, 0.5) is 0 Å². The molecule has 132 valence electrons. The highest BCUT2D eigenvalue weighted by molar-refractivity contribution is 5.76. The zero-order chi connectivity index (χ0) is 16.8. The number of piperidine rings is 2. The molecule has 2 aliphatic heterocycles. The summed E-state index contributed by atoms with van der Waals surface area (Å²) >= 11 is 0. The summed E-state index contributed by atoms with van der Waals surface area (Å²) < 4.78 is 5.02. The second-order valence-corrected chi connectivity index (χ2v) is 7.22. The zero-order valence-corrected chi connectivity index (χ0v) is 14.7. The number of likely N-dealkylation sites (tertiary alicyclic amines) is 2. The largest absolute Gasteiger partial charge is 0.384 e. The highest BCUT2D eigenvalue weighted by Crippen LogP contribution is 2.41. The third kappa shape index (κ3) is 4.33. The van der Waals surface area contributed by atoms with Gasteiger partial charge < -0.3 is 9.64 Å². The number of pyridine rings is 1. The molecule has 0 aliphatic carbocycles. The first kappa shape index (κ1) is 17.4. The van der Waals surface area contributed by atoms with Crippen LogP contribution in [0.1, 0.15) is 37.8 Å². The van der Waals surface area contributed by atoms with Gasteiger partial charge in [0.05, 0.1) is 18.7 Å². The van der Waals surface area contributed by atoms with Crippen molar-refractivity contribution >= 4 is 5.91 Å². The smallest absolute Gasteiger partial charge is 0.224 e. The van der Waals surface area contributed by atoms with E-state index >= 15 is 0 Å². The van der Waals surface area contributed by atoms with E-state index in [2.05, 4.69) is 22.0 Å². The van der Waals surface area contributed by atoms with E-state index in [1.807, 2.05) is 17.2 Å². The Bertz CT molecular complexity index is 517. The quantitative estimate of drug-likeness (QED) is 0.831. The first-order valence-corrected chi connectivity index (χ1v) is 9.10. The summed E-state index contributed by atoms with van der Waals surface area (Å²) in [7, 11) is 1.65. The predicted molar refractivity (Wildman–Crippen MR) is 93.5 cm³/mol. The molecule has 24 heavy (non-hydrogen) atoms. The molecule has 1 aromatic heterocycles. The topological polar surface area (TPSA) is 45.7 Å². The van der Waals surface area contributed by atoms with Crippen molar-refractivity contribution in [1.82, 2.24) is 14.8 Å². The number of carbonyl (C=O) groups is 1. The van der Waals surface area contributed by atoms with Crippen LogP contribution in [0, 0.1) is 5.41 Å². The molecule has 0 aromatic carbocycles. The predicted octanol–water partition coefficient (Wildman–Crippen LogP) is 2.32. The lowest BCUT2D eigenvalue weighted by Gasteiger charge is -2.47. The number of carbonyl (C=O) groups excluding carboxylic acids is 1. The maximum Gasteiger partial charge on any atom is 0.224 e. The number of hydrogen-bond donors (Lipinski definition) is 0. The van der Waals surface area contributed by atoms with Crippen LogP contribution in [-0.4, -0.2) is 60.6 Å².